The van der Waals surface area contributed by atoms with Crippen molar-refractivity contribution in [2.45, 2.75) is 13.8 Å². The molecule has 0 saturated heterocycles. The summed E-state index contributed by atoms with van der Waals surface area (Å²) in [6, 6.07) is 11.0. The minimum absolute atomic E-state index is 0.298. The van der Waals surface area contributed by atoms with E-state index in [0.717, 1.165) is 21.1 Å². The average molecular weight is 392 g/mol. The normalized spacial score (nSPS) is 11.6. The van der Waals surface area contributed by atoms with Gasteiger partial charge in [0.1, 0.15) is 5.52 Å². The van der Waals surface area contributed by atoms with Gasteiger partial charge in [0.05, 0.1) is 25.4 Å². The van der Waals surface area contributed by atoms with E-state index in [9.17, 15) is 9.59 Å². The fourth-order valence-corrected chi connectivity index (χ4v) is 3.22. The molecule has 4 rings (SSSR count). The van der Waals surface area contributed by atoms with Gasteiger partial charge in [0.15, 0.2) is 11.5 Å². The number of aromatic amines is 2. The Balaban J connectivity index is 1.79. The molecule has 0 saturated carbocycles. The predicted octanol–water partition coefficient (Wildman–Crippen LogP) is 2.77. The van der Waals surface area contributed by atoms with Gasteiger partial charge >= 0.3 is 11.2 Å². The number of rotatable bonds is 5. The van der Waals surface area contributed by atoms with E-state index in [1.165, 1.54) is 6.21 Å². The lowest BCUT2D eigenvalue weighted by Crippen LogP contribution is -2.32. The number of aromatic nitrogens is 3. The number of hydrogen-bond donors (Lipinski definition) is 2. The molecular weight excluding hydrogens is 372 g/mol. The van der Waals surface area contributed by atoms with Crippen LogP contribution in [0.2, 0.25) is 0 Å². The summed E-state index contributed by atoms with van der Waals surface area (Å²) in [5.41, 5.74) is 2.11. The molecule has 0 radical (unpaired) electrons. The first-order valence-corrected chi connectivity index (χ1v) is 9.14. The summed E-state index contributed by atoms with van der Waals surface area (Å²) in [6.45, 7) is 4.35. The van der Waals surface area contributed by atoms with Gasteiger partial charge in [0, 0.05) is 10.9 Å². The maximum Gasteiger partial charge on any atom is 0.350 e. The van der Waals surface area contributed by atoms with E-state index in [1.807, 2.05) is 32.0 Å². The van der Waals surface area contributed by atoms with Crippen LogP contribution < -0.4 is 20.7 Å². The van der Waals surface area contributed by atoms with Crippen LogP contribution in [0.5, 0.6) is 11.5 Å². The van der Waals surface area contributed by atoms with Gasteiger partial charge in [-0.3, -0.25) is 4.79 Å². The largest absolute Gasteiger partial charge is 0.493 e. The molecule has 2 aromatic heterocycles. The van der Waals surface area contributed by atoms with Crippen LogP contribution in [-0.4, -0.2) is 34.6 Å². The van der Waals surface area contributed by atoms with Crippen molar-refractivity contribution in [3.8, 4) is 11.5 Å². The van der Waals surface area contributed by atoms with Gasteiger partial charge in [0.2, 0.25) is 0 Å². The third-order valence-electron chi connectivity index (χ3n) is 4.59. The van der Waals surface area contributed by atoms with Gasteiger partial charge in [-0.05, 0) is 49.7 Å². The summed E-state index contributed by atoms with van der Waals surface area (Å²) in [6.07, 6.45) is 1.42. The molecular formula is C21H20N4O4. The Kier molecular flexibility index (Phi) is 4.67. The SMILES string of the molecule is CCOc1ccc(/C=N\n2c(=O)[nH]c3c([nH]c4ccc(C)cc43)c2=O)cc1OC. The lowest BCUT2D eigenvalue weighted by atomic mass is 10.2. The highest BCUT2D eigenvalue weighted by Gasteiger charge is 2.12. The highest BCUT2D eigenvalue weighted by molar-refractivity contribution is 6.04. The fourth-order valence-electron chi connectivity index (χ4n) is 3.22. The van der Waals surface area contributed by atoms with Gasteiger partial charge in [-0.1, -0.05) is 11.6 Å². The number of nitrogens with zero attached hydrogens (tertiary/aromatic N) is 2. The minimum Gasteiger partial charge on any atom is -0.493 e. The molecule has 2 aromatic carbocycles. The van der Waals surface area contributed by atoms with Crippen LogP contribution >= 0.6 is 0 Å². The van der Waals surface area contributed by atoms with E-state index < -0.39 is 11.2 Å². The van der Waals surface area contributed by atoms with Crippen LogP contribution in [0.3, 0.4) is 0 Å². The molecule has 2 N–H and O–H groups in total. The molecule has 0 aliphatic carbocycles. The maximum absolute atomic E-state index is 12.8. The second-order valence-corrected chi connectivity index (χ2v) is 6.56. The van der Waals surface area contributed by atoms with E-state index >= 15 is 0 Å². The molecule has 0 atom stereocenters. The van der Waals surface area contributed by atoms with Gasteiger partial charge in [0.25, 0.3) is 0 Å². The van der Waals surface area contributed by atoms with Crippen molar-refractivity contribution in [2.75, 3.05) is 13.7 Å². The third-order valence-corrected chi connectivity index (χ3v) is 4.59. The van der Waals surface area contributed by atoms with Crippen molar-refractivity contribution in [1.29, 1.82) is 0 Å². The number of hydrogen-bond acceptors (Lipinski definition) is 5. The molecule has 0 unspecified atom stereocenters. The van der Waals surface area contributed by atoms with Gasteiger partial charge in [-0.25, -0.2) is 4.79 Å². The Morgan fingerprint density at radius 3 is 2.66 bits per heavy atom. The summed E-state index contributed by atoms with van der Waals surface area (Å²) in [4.78, 5) is 31.2. The molecule has 148 valence electrons. The minimum atomic E-state index is -0.612. The monoisotopic (exact) mass is 392 g/mol. The molecule has 0 spiro atoms. The number of methoxy groups -OCH3 is 1. The van der Waals surface area contributed by atoms with E-state index in [-0.39, 0.29) is 0 Å². The first-order valence-electron chi connectivity index (χ1n) is 9.14. The van der Waals surface area contributed by atoms with Crippen molar-refractivity contribution < 1.29 is 9.47 Å². The summed E-state index contributed by atoms with van der Waals surface area (Å²) in [5.74, 6) is 1.15. The summed E-state index contributed by atoms with van der Waals surface area (Å²) in [7, 11) is 1.54. The lowest BCUT2D eigenvalue weighted by Gasteiger charge is -2.09. The average Bonchev–Trinajstić information content (AvgIpc) is 3.07. The first-order chi connectivity index (χ1) is 14.0. The van der Waals surface area contributed by atoms with Crippen LogP contribution in [0.25, 0.3) is 21.9 Å². The molecule has 29 heavy (non-hydrogen) atoms. The smallest absolute Gasteiger partial charge is 0.350 e. The molecule has 8 nitrogen and oxygen atoms in total. The second kappa shape index (κ2) is 7.31. The van der Waals surface area contributed by atoms with Crippen molar-refractivity contribution in [2.24, 2.45) is 5.10 Å². The molecule has 0 aliphatic heterocycles. The van der Waals surface area contributed by atoms with Crippen molar-refractivity contribution in [3.05, 3.63) is 68.4 Å². The molecule has 4 aromatic rings. The molecule has 0 bridgehead atoms. The lowest BCUT2D eigenvalue weighted by molar-refractivity contribution is 0.311. The molecule has 0 aliphatic rings. The Morgan fingerprint density at radius 1 is 1.07 bits per heavy atom. The van der Waals surface area contributed by atoms with E-state index in [0.29, 0.717) is 34.7 Å². The molecule has 8 heteroatoms. The van der Waals surface area contributed by atoms with Crippen LogP contribution in [-0.2, 0) is 0 Å². The highest BCUT2D eigenvalue weighted by Crippen LogP contribution is 2.27. The highest BCUT2D eigenvalue weighted by atomic mass is 16.5. The van der Waals surface area contributed by atoms with Crippen LogP contribution in [0.4, 0.5) is 0 Å². The summed E-state index contributed by atoms with van der Waals surface area (Å²) < 4.78 is 11.6. The van der Waals surface area contributed by atoms with Crippen molar-refractivity contribution in [1.82, 2.24) is 14.6 Å². The van der Waals surface area contributed by atoms with E-state index in [2.05, 4.69) is 15.1 Å². The molecule has 0 fully saturated rings. The van der Waals surface area contributed by atoms with E-state index in [1.54, 1.807) is 25.3 Å². The van der Waals surface area contributed by atoms with Crippen LogP contribution in [0.15, 0.2) is 51.1 Å². The van der Waals surface area contributed by atoms with Crippen molar-refractivity contribution in [3.63, 3.8) is 0 Å². The van der Waals surface area contributed by atoms with Crippen LogP contribution in [0, 0.1) is 6.92 Å². The zero-order chi connectivity index (χ0) is 20.5. The van der Waals surface area contributed by atoms with Gasteiger partial charge < -0.3 is 19.4 Å². The number of benzene rings is 2. The Hall–Kier alpha value is -3.81. The Morgan fingerprint density at radius 2 is 1.90 bits per heavy atom. The van der Waals surface area contributed by atoms with Crippen molar-refractivity contribution >= 4 is 28.2 Å². The number of aryl methyl sites for hydroxylation is 1. The third kappa shape index (κ3) is 3.29. The van der Waals surface area contributed by atoms with Crippen LogP contribution in [0.1, 0.15) is 18.1 Å². The first kappa shape index (κ1) is 18.5. The topological polar surface area (TPSA) is 101 Å². The predicted molar refractivity (Wildman–Crippen MR) is 113 cm³/mol. The fraction of sp³-hybridized carbons (Fsp3) is 0.190. The summed E-state index contributed by atoms with van der Waals surface area (Å²) in [5, 5.41) is 4.88. The number of H-pyrrole nitrogens is 2. The van der Waals surface area contributed by atoms with Gasteiger partial charge in [-0.15, -0.1) is 4.68 Å². The van der Waals surface area contributed by atoms with E-state index in [4.69, 9.17) is 9.47 Å². The number of nitrogens with one attached hydrogen (secondary N) is 2. The summed E-state index contributed by atoms with van der Waals surface area (Å²) >= 11 is 0. The Bertz CT molecular complexity index is 1360. The zero-order valence-corrected chi connectivity index (χ0v) is 16.3. The Labute approximate surface area is 165 Å². The molecule has 2 heterocycles. The maximum atomic E-state index is 12.8. The quantitative estimate of drug-likeness (QED) is 0.510. The number of ether oxygens (including phenoxy) is 2. The number of fused-ring (bicyclic) bond motifs is 3. The zero-order valence-electron chi connectivity index (χ0n) is 16.3. The van der Waals surface area contributed by atoms with Gasteiger partial charge in [-0.2, -0.15) is 5.10 Å². The second-order valence-electron chi connectivity index (χ2n) is 6.56. The molecule has 0 amide bonds. The standard InChI is InChI=1S/C21H20N4O4/c1-4-29-16-8-6-13(10-17(16)28-3)11-22-25-20(26)19-18(24-21(25)27)14-9-12(2)5-7-15(14)23-19/h5-11,23H,4H2,1-3H3,(H,24,27)/b22-11-.